The summed E-state index contributed by atoms with van der Waals surface area (Å²) in [5, 5.41) is 9.20. The number of hydrogen-bond donors (Lipinski definition) is 1. The van der Waals surface area contributed by atoms with Gasteiger partial charge in [0, 0.05) is 25.7 Å². The van der Waals surface area contributed by atoms with E-state index in [9.17, 15) is 28.0 Å². The lowest BCUT2D eigenvalue weighted by molar-refractivity contribution is -0.141. The van der Waals surface area contributed by atoms with Gasteiger partial charge in [-0.2, -0.15) is 18.4 Å². The molecule has 2 amide bonds. The van der Waals surface area contributed by atoms with Crippen molar-refractivity contribution >= 4 is 11.8 Å². The molecule has 2 N–H and O–H groups in total. The molecule has 0 saturated carbocycles. The number of nitriles is 1. The summed E-state index contributed by atoms with van der Waals surface area (Å²) >= 11 is 0. The fourth-order valence-electron chi connectivity index (χ4n) is 5.22. The SMILES string of the molecule is C[C@@H](c1ccc(C(F)(F)F)cc1)N1C(=O)[C@H]2CC1CN2C[C@H](N)C(=O)N1CCC[C@H]1C#N. The van der Waals surface area contributed by atoms with E-state index < -0.39 is 23.8 Å². The highest BCUT2D eigenvalue weighted by atomic mass is 19.4. The van der Waals surface area contributed by atoms with Gasteiger partial charge in [0.05, 0.1) is 29.8 Å². The van der Waals surface area contributed by atoms with Crippen molar-refractivity contribution in [3.8, 4) is 6.07 Å². The average Bonchev–Trinajstić information content (AvgIpc) is 3.46. The standard InChI is InChI=1S/C22H26F3N5O2/c1-13(14-4-6-15(7-5-14)22(23,24)25)30-17-9-19(21(30)32)28(11-17)12-18(27)20(31)29-8-2-3-16(29)10-26/h4-7,13,16-19H,2-3,8-9,11-12,27H2,1H3/t13-,16-,17?,18-,19+/m0/s1. The smallest absolute Gasteiger partial charge is 0.330 e. The molecule has 3 aliphatic rings. The predicted molar refractivity (Wildman–Crippen MR) is 109 cm³/mol. The molecule has 3 aliphatic heterocycles. The van der Waals surface area contributed by atoms with Gasteiger partial charge in [0.15, 0.2) is 0 Å². The third-order valence-corrected chi connectivity index (χ3v) is 6.89. The maximum Gasteiger partial charge on any atom is 0.416 e. The molecule has 3 heterocycles. The van der Waals surface area contributed by atoms with E-state index in [1.165, 1.54) is 17.0 Å². The van der Waals surface area contributed by atoms with E-state index >= 15 is 0 Å². The molecule has 5 atom stereocenters. The Labute approximate surface area is 184 Å². The number of halogens is 3. The molecule has 0 aromatic heterocycles. The average molecular weight is 449 g/mol. The first kappa shape index (κ1) is 22.6. The number of amides is 2. The van der Waals surface area contributed by atoms with Gasteiger partial charge in [-0.25, -0.2) is 0 Å². The lowest BCUT2D eigenvalue weighted by Gasteiger charge is -2.38. The van der Waals surface area contributed by atoms with Gasteiger partial charge in [0.25, 0.3) is 0 Å². The molecule has 3 fully saturated rings. The van der Waals surface area contributed by atoms with Gasteiger partial charge in [0.1, 0.15) is 6.04 Å². The Hall–Kier alpha value is -2.64. The Bertz CT molecular complexity index is 929. The fraction of sp³-hybridized carbons (Fsp3) is 0.591. The van der Waals surface area contributed by atoms with E-state index in [4.69, 9.17) is 5.73 Å². The predicted octanol–water partition coefficient (Wildman–Crippen LogP) is 1.89. The molecule has 3 saturated heterocycles. The van der Waals surface area contributed by atoms with Crippen molar-refractivity contribution in [1.82, 2.24) is 14.7 Å². The van der Waals surface area contributed by atoms with Gasteiger partial charge in [-0.15, -0.1) is 0 Å². The number of fused-ring (bicyclic) bond motifs is 2. The monoisotopic (exact) mass is 449 g/mol. The summed E-state index contributed by atoms with van der Waals surface area (Å²) < 4.78 is 38.5. The van der Waals surface area contributed by atoms with Crippen molar-refractivity contribution in [2.24, 2.45) is 5.73 Å². The van der Waals surface area contributed by atoms with Gasteiger partial charge in [-0.05, 0) is 43.9 Å². The van der Waals surface area contributed by atoms with Gasteiger partial charge in [-0.1, -0.05) is 12.1 Å². The topological polar surface area (TPSA) is 93.7 Å². The van der Waals surface area contributed by atoms with Crippen LogP contribution in [0, 0.1) is 11.3 Å². The highest BCUT2D eigenvalue weighted by Crippen LogP contribution is 2.38. The number of alkyl halides is 3. The molecule has 1 aromatic carbocycles. The molecule has 0 spiro atoms. The van der Waals surface area contributed by atoms with Crippen LogP contribution >= 0.6 is 0 Å². The third-order valence-electron chi connectivity index (χ3n) is 6.89. The number of nitrogens with two attached hydrogens (primary N) is 1. The van der Waals surface area contributed by atoms with Crippen LogP contribution in [0.3, 0.4) is 0 Å². The number of piperazine rings is 1. The van der Waals surface area contributed by atoms with Crippen LogP contribution < -0.4 is 5.73 Å². The summed E-state index contributed by atoms with van der Waals surface area (Å²) in [7, 11) is 0. The number of benzene rings is 1. The summed E-state index contributed by atoms with van der Waals surface area (Å²) in [6, 6.07) is 4.98. The molecule has 2 bridgehead atoms. The maximum absolute atomic E-state index is 13.0. The van der Waals surface area contributed by atoms with Gasteiger partial charge in [0.2, 0.25) is 11.8 Å². The number of nitrogens with zero attached hydrogens (tertiary/aromatic N) is 4. The molecule has 172 valence electrons. The number of hydrogen-bond acceptors (Lipinski definition) is 5. The first-order valence-corrected chi connectivity index (χ1v) is 10.8. The van der Waals surface area contributed by atoms with E-state index in [1.807, 2.05) is 11.8 Å². The Morgan fingerprint density at radius 3 is 2.59 bits per heavy atom. The van der Waals surface area contributed by atoms with Crippen LogP contribution in [0.4, 0.5) is 13.2 Å². The molecule has 4 rings (SSSR count). The molecular formula is C22H26F3N5O2. The minimum absolute atomic E-state index is 0.0780. The summed E-state index contributed by atoms with van der Waals surface area (Å²) in [4.78, 5) is 30.9. The number of carbonyl (C=O) groups is 2. The van der Waals surface area contributed by atoms with Gasteiger partial charge in [-0.3, -0.25) is 14.5 Å². The van der Waals surface area contributed by atoms with Crippen LogP contribution in [0.15, 0.2) is 24.3 Å². The number of rotatable bonds is 5. The summed E-state index contributed by atoms with van der Waals surface area (Å²) in [5.41, 5.74) is 6.08. The molecule has 10 heteroatoms. The highest BCUT2D eigenvalue weighted by Gasteiger charge is 2.51. The van der Waals surface area contributed by atoms with Crippen LogP contribution in [-0.4, -0.2) is 70.3 Å². The molecular weight excluding hydrogens is 423 g/mol. The lowest BCUT2D eigenvalue weighted by Crippen LogP contribution is -2.56. The third kappa shape index (κ3) is 3.95. The van der Waals surface area contributed by atoms with Crippen molar-refractivity contribution in [3.05, 3.63) is 35.4 Å². The second-order valence-corrected chi connectivity index (χ2v) is 8.83. The van der Waals surface area contributed by atoms with E-state index in [1.54, 1.807) is 4.90 Å². The summed E-state index contributed by atoms with van der Waals surface area (Å²) in [5.74, 6) is -0.358. The molecule has 0 radical (unpaired) electrons. The minimum atomic E-state index is -4.40. The van der Waals surface area contributed by atoms with Crippen molar-refractivity contribution in [2.45, 2.75) is 62.6 Å². The van der Waals surface area contributed by atoms with E-state index in [-0.39, 0.29) is 36.5 Å². The van der Waals surface area contributed by atoms with E-state index in [0.717, 1.165) is 18.6 Å². The molecule has 0 aliphatic carbocycles. The molecule has 7 nitrogen and oxygen atoms in total. The zero-order valence-corrected chi connectivity index (χ0v) is 17.8. The molecule has 32 heavy (non-hydrogen) atoms. The second kappa shape index (κ2) is 8.37. The van der Waals surface area contributed by atoms with Crippen molar-refractivity contribution < 1.29 is 22.8 Å². The largest absolute Gasteiger partial charge is 0.416 e. The highest BCUT2D eigenvalue weighted by molar-refractivity contribution is 5.87. The van der Waals surface area contributed by atoms with Gasteiger partial charge >= 0.3 is 6.18 Å². The van der Waals surface area contributed by atoms with E-state index in [2.05, 4.69) is 6.07 Å². The normalized spacial score (nSPS) is 27.6. The van der Waals surface area contributed by atoms with Crippen LogP contribution in [0.2, 0.25) is 0 Å². The Morgan fingerprint density at radius 2 is 2.00 bits per heavy atom. The van der Waals surface area contributed by atoms with Crippen LogP contribution in [0.1, 0.15) is 43.4 Å². The van der Waals surface area contributed by atoms with Crippen molar-refractivity contribution in [3.63, 3.8) is 0 Å². The molecule has 1 unspecified atom stereocenters. The van der Waals surface area contributed by atoms with Crippen LogP contribution in [-0.2, 0) is 15.8 Å². The first-order valence-electron chi connectivity index (χ1n) is 10.8. The van der Waals surface area contributed by atoms with Crippen LogP contribution in [0.5, 0.6) is 0 Å². The van der Waals surface area contributed by atoms with Crippen molar-refractivity contribution in [2.75, 3.05) is 19.6 Å². The number of carbonyl (C=O) groups excluding carboxylic acids is 2. The van der Waals surface area contributed by atoms with Crippen molar-refractivity contribution in [1.29, 1.82) is 5.26 Å². The zero-order valence-electron chi connectivity index (χ0n) is 17.8. The minimum Gasteiger partial charge on any atom is -0.330 e. The zero-order chi connectivity index (χ0) is 23.2. The summed E-state index contributed by atoms with van der Waals surface area (Å²) in [6.45, 7) is 3.14. The molecule has 1 aromatic rings. The van der Waals surface area contributed by atoms with Gasteiger partial charge < -0.3 is 15.5 Å². The lowest BCUT2D eigenvalue weighted by atomic mass is 10.0. The van der Waals surface area contributed by atoms with Crippen LogP contribution in [0.25, 0.3) is 0 Å². The Morgan fingerprint density at radius 1 is 1.31 bits per heavy atom. The fourth-order valence-corrected chi connectivity index (χ4v) is 5.22. The maximum atomic E-state index is 13.0. The Kier molecular flexibility index (Phi) is 5.90. The Balaban J connectivity index is 1.39. The summed E-state index contributed by atoms with van der Waals surface area (Å²) in [6.07, 6.45) is -2.36. The van der Waals surface area contributed by atoms with E-state index in [0.29, 0.717) is 31.5 Å². The first-order chi connectivity index (χ1) is 15.1. The quantitative estimate of drug-likeness (QED) is 0.741. The second-order valence-electron chi connectivity index (χ2n) is 8.83. The number of likely N-dealkylation sites (tertiary alicyclic amines) is 3.